The number of halogens is 1. The summed E-state index contributed by atoms with van der Waals surface area (Å²) in [6.07, 6.45) is 0. The van der Waals surface area contributed by atoms with Gasteiger partial charge >= 0.3 is 0 Å². The highest BCUT2D eigenvalue weighted by Crippen LogP contribution is 2.26. The van der Waals surface area contributed by atoms with Crippen molar-refractivity contribution in [3.8, 4) is 5.75 Å². The average Bonchev–Trinajstić information content (AvgIpc) is 2.82. The van der Waals surface area contributed by atoms with Crippen molar-refractivity contribution in [1.82, 2.24) is 10.6 Å². The van der Waals surface area contributed by atoms with Crippen molar-refractivity contribution in [2.75, 3.05) is 11.9 Å². The first-order valence-corrected chi connectivity index (χ1v) is 12.0. The van der Waals surface area contributed by atoms with Gasteiger partial charge in [0, 0.05) is 23.4 Å². The summed E-state index contributed by atoms with van der Waals surface area (Å²) in [5, 5.41) is 8.63. The molecule has 0 unspecified atom stereocenters. The van der Waals surface area contributed by atoms with E-state index in [1.54, 1.807) is 42.5 Å². The Hall–Kier alpha value is -3.23. The fourth-order valence-corrected chi connectivity index (χ4v) is 3.68. The molecule has 3 N–H and O–H groups in total. The molecule has 0 heterocycles. The minimum atomic E-state index is -0.356. The minimum Gasteiger partial charge on any atom is -0.492 e. The normalized spacial score (nSPS) is 10.5. The van der Waals surface area contributed by atoms with Gasteiger partial charge in [-0.2, -0.15) is 0 Å². The summed E-state index contributed by atoms with van der Waals surface area (Å²) in [6, 6.07) is 21.7. The molecule has 2 amide bonds. The number of nitrogens with one attached hydrogen (secondary N) is 3. The first kappa shape index (κ1) is 25.4. The number of hydrogen-bond acceptors (Lipinski definition) is 4. The first-order chi connectivity index (χ1) is 16.3. The molecular formula is C26H26BrN3O3S. The van der Waals surface area contributed by atoms with Gasteiger partial charge in [0.1, 0.15) is 5.75 Å². The van der Waals surface area contributed by atoms with Crippen molar-refractivity contribution < 1.29 is 14.3 Å². The number of carbonyl (C=O) groups is 2. The number of hydrogen-bond donors (Lipinski definition) is 3. The Balaban J connectivity index is 1.55. The molecule has 0 bridgehead atoms. The van der Waals surface area contributed by atoms with Crippen LogP contribution in [0.5, 0.6) is 5.75 Å². The standard InChI is InChI=1S/C26H26BrN3O3S/c1-17(2)16-33-23-12-11-20(14-22(23)27)25(32)30-26(34)29-21-10-6-9-19(13-21)24(31)28-15-18-7-4-3-5-8-18/h3-14,17H,15-16H2,1-2H3,(H,28,31)(H2,29,30,32,34). The molecule has 0 aromatic heterocycles. The maximum Gasteiger partial charge on any atom is 0.257 e. The van der Waals surface area contributed by atoms with Crippen LogP contribution in [0.3, 0.4) is 0 Å². The van der Waals surface area contributed by atoms with E-state index in [1.165, 1.54) is 0 Å². The molecule has 8 heteroatoms. The predicted molar refractivity (Wildman–Crippen MR) is 142 cm³/mol. The van der Waals surface area contributed by atoms with Crippen LogP contribution in [0.15, 0.2) is 77.3 Å². The van der Waals surface area contributed by atoms with Gasteiger partial charge in [0.2, 0.25) is 0 Å². The lowest BCUT2D eigenvalue weighted by Crippen LogP contribution is -2.34. The molecule has 0 radical (unpaired) electrons. The Kier molecular flexibility index (Phi) is 9.18. The molecule has 0 aliphatic rings. The van der Waals surface area contributed by atoms with Crippen LogP contribution in [0.25, 0.3) is 0 Å². The zero-order chi connectivity index (χ0) is 24.5. The molecule has 3 aromatic rings. The lowest BCUT2D eigenvalue weighted by atomic mass is 10.1. The Bertz CT molecular complexity index is 1170. The molecule has 0 atom stereocenters. The molecule has 3 rings (SSSR count). The monoisotopic (exact) mass is 539 g/mol. The number of rotatable bonds is 8. The summed E-state index contributed by atoms with van der Waals surface area (Å²) in [5.74, 6) is 0.512. The van der Waals surface area contributed by atoms with Gasteiger partial charge in [0.05, 0.1) is 11.1 Å². The van der Waals surface area contributed by atoms with Crippen LogP contribution >= 0.6 is 28.1 Å². The van der Waals surface area contributed by atoms with Gasteiger partial charge in [-0.3, -0.25) is 14.9 Å². The second-order valence-corrected chi connectivity index (χ2v) is 9.27. The zero-order valence-corrected chi connectivity index (χ0v) is 21.3. The minimum absolute atomic E-state index is 0.128. The van der Waals surface area contributed by atoms with Crippen LogP contribution in [0.2, 0.25) is 0 Å². The fraction of sp³-hybridized carbons (Fsp3) is 0.192. The first-order valence-electron chi connectivity index (χ1n) is 10.8. The molecule has 0 saturated carbocycles. The Morgan fingerprint density at radius 3 is 2.38 bits per heavy atom. The van der Waals surface area contributed by atoms with Crippen LogP contribution in [0.4, 0.5) is 5.69 Å². The maximum atomic E-state index is 12.6. The van der Waals surface area contributed by atoms with Crippen LogP contribution < -0.4 is 20.7 Å². The van der Waals surface area contributed by atoms with E-state index in [1.807, 2.05) is 30.3 Å². The van der Waals surface area contributed by atoms with Gasteiger partial charge in [0.15, 0.2) is 5.11 Å². The Morgan fingerprint density at radius 2 is 1.68 bits per heavy atom. The number of thiocarbonyl (C=S) groups is 1. The van der Waals surface area contributed by atoms with Crippen molar-refractivity contribution in [3.63, 3.8) is 0 Å². The number of amides is 2. The molecular weight excluding hydrogens is 514 g/mol. The molecule has 0 saturated heterocycles. The largest absolute Gasteiger partial charge is 0.492 e. The van der Waals surface area contributed by atoms with E-state index in [0.29, 0.717) is 46.1 Å². The Morgan fingerprint density at radius 1 is 0.941 bits per heavy atom. The lowest BCUT2D eigenvalue weighted by Gasteiger charge is -2.13. The van der Waals surface area contributed by atoms with E-state index in [0.717, 1.165) is 5.56 Å². The fourth-order valence-electron chi connectivity index (χ4n) is 2.97. The van der Waals surface area contributed by atoms with E-state index in [2.05, 4.69) is 45.7 Å². The highest BCUT2D eigenvalue weighted by Gasteiger charge is 2.12. The third kappa shape index (κ3) is 7.67. The summed E-state index contributed by atoms with van der Waals surface area (Å²) in [5.41, 5.74) is 2.52. The second-order valence-electron chi connectivity index (χ2n) is 8.01. The molecule has 0 aliphatic heterocycles. The van der Waals surface area contributed by atoms with E-state index in [4.69, 9.17) is 17.0 Å². The highest BCUT2D eigenvalue weighted by atomic mass is 79.9. The summed E-state index contributed by atoms with van der Waals surface area (Å²) < 4.78 is 6.41. The molecule has 176 valence electrons. The van der Waals surface area contributed by atoms with Gasteiger partial charge in [-0.05, 0) is 76.0 Å². The molecule has 3 aromatic carbocycles. The van der Waals surface area contributed by atoms with Crippen molar-refractivity contribution in [2.45, 2.75) is 20.4 Å². The van der Waals surface area contributed by atoms with Crippen LogP contribution in [-0.4, -0.2) is 23.5 Å². The van der Waals surface area contributed by atoms with Crippen molar-refractivity contribution in [2.24, 2.45) is 5.92 Å². The van der Waals surface area contributed by atoms with E-state index >= 15 is 0 Å². The molecule has 6 nitrogen and oxygen atoms in total. The van der Waals surface area contributed by atoms with Crippen molar-refractivity contribution in [1.29, 1.82) is 0 Å². The molecule has 0 spiro atoms. The maximum absolute atomic E-state index is 12.6. The number of anilines is 1. The highest BCUT2D eigenvalue weighted by molar-refractivity contribution is 9.10. The third-order valence-corrected chi connectivity index (χ3v) is 5.50. The van der Waals surface area contributed by atoms with Crippen LogP contribution in [-0.2, 0) is 6.54 Å². The second kappa shape index (κ2) is 12.3. The van der Waals surface area contributed by atoms with E-state index in [-0.39, 0.29) is 16.9 Å². The lowest BCUT2D eigenvalue weighted by molar-refractivity contribution is 0.0948. The zero-order valence-electron chi connectivity index (χ0n) is 18.9. The molecule has 0 aliphatic carbocycles. The topological polar surface area (TPSA) is 79.5 Å². The summed E-state index contributed by atoms with van der Waals surface area (Å²) in [7, 11) is 0. The predicted octanol–water partition coefficient (Wildman–Crippen LogP) is 5.54. The van der Waals surface area contributed by atoms with Gasteiger partial charge in [-0.1, -0.05) is 50.2 Å². The average molecular weight is 540 g/mol. The quantitative estimate of drug-likeness (QED) is 0.327. The van der Waals surface area contributed by atoms with Crippen molar-refractivity contribution in [3.05, 3.63) is 94.0 Å². The number of ether oxygens (including phenoxy) is 1. The Labute approximate surface area is 213 Å². The van der Waals surface area contributed by atoms with Gasteiger partial charge in [0.25, 0.3) is 11.8 Å². The van der Waals surface area contributed by atoms with Crippen molar-refractivity contribution >= 4 is 50.8 Å². The van der Waals surface area contributed by atoms with Crippen LogP contribution in [0, 0.1) is 5.92 Å². The summed E-state index contributed by atoms with van der Waals surface area (Å²) >= 11 is 8.73. The number of carbonyl (C=O) groups excluding carboxylic acids is 2. The third-order valence-electron chi connectivity index (χ3n) is 4.67. The summed E-state index contributed by atoms with van der Waals surface area (Å²) in [4.78, 5) is 25.1. The molecule has 34 heavy (non-hydrogen) atoms. The van der Waals surface area contributed by atoms with E-state index in [9.17, 15) is 9.59 Å². The van der Waals surface area contributed by atoms with Gasteiger partial charge in [-0.15, -0.1) is 0 Å². The van der Waals surface area contributed by atoms with Gasteiger partial charge < -0.3 is 15.4 Å². The van der Waals surface area contributed by atoms with Gasteiger partial charge in [-0.25, -0.2) is 0 Å². The van der Waals surface area contributed by atoms with E-state index < -0.39 is 0 Å². The SMILES string of the molecule is CC(C)COc1ccc(C(=O)NC(=S)Nc2cccc(C(=O)NCc3ccccc3)c2)cc1Br. The smallest absolute Gasteiger partial charge is 0.257 e. The summed E-state index contributed by atoms with van der Waals surface area (Å²) in [6.45, 7) is 5.15. The number of benzene rings is 3. The van der Waals surface area contributed by atoms with Crippen LogP contribution in [0.1, 0.15) is 40.1 Å². The molecule has 0 fully saturated rings.